The minimum absolute atomic E-state index is 0.0565. The summed E-state index contributed by atoms with van der Waals surface area (Å²) in [7, 11) is 0. The molecule has 2 rings (SSSR count). The second kappa shape index (κ2) is 6.60. The van der Waals surface area contributed by atoms with Gasteiger partial charge in [0.2, 0.25) is 0 Å². The predicted molar refractivity (Wildman–Crippen MR) is 71.2 cm³/mol. The Kier molecular flexibility index (Phi) is 5.42. The van der Waals surface area contributed by atoms with Crippen molar-refractivity contribution < 1.29 is 10.2 Å². The van der Waals surface area contributed by atoms with Gasteiger partial charge in [-0.2, -0.15) is 0 Å². The standard InChI is InChI=1S/C6H4Cl2O.C6H5ClO/c7-4-1-2-6(9)5(8)3-4;7-5-1-3-6(8)4-2-5/h1-3,9H;1-4,8H. The molecule has 0 aliphatic carbocycles. The first-order valence-corrected chi connectivity index (χ1v) is 5.71. The van der Waals surface area contributed by atoms with Crippen molar-refractivity contribution in [3.8, 4) is 11.5 Å². The topological polar surface area (TPSA) is 40.5 Å². The summed E-state index contributed by atoms with van der Waals surface area (Å²) in [4.78, 5) is 0. The van der Waals surface area contributed by atoms with Crippen LogP contribution >= 0.6 is 34.8 Å². The largest absolute Gasteiger partial charge is 0.508 e. The molecular weight excluding hydrogens is 282 g/mol. The molecule has 0 radical (unpaired) electrons. The minimum Gasteiger partial charge on any atom is -0.508 e. The quantitative estimate of drug-likeness (QED) is 0.735. The zero-order chi connectivity index (χ0) is 12.8. The average molecular weight is 292 g/mol. The monoisotopic (exact) mass is 290 g/mol. The Morgan fingerprint density at radius 3 is 1.65 bits per heavy atom. The number of hydrogen-bond acceptors (Lipinski definition) is 2. The third-order valence-corrected chi connectivity index (χ3v) is 2.53. The van der Waals surface area contributed by atoms with E-state index < -0.39 is 0 Å². The van der Waals surface area contributed by atoms with Crippen molar-refractivity contribution in [2.24, 2.45) is 0 Å². The molecule has 0 fully saturated rings. The van der Waals surface area contributed by atoms with E-state index in [-0.39, 0.29) is 16.5 Å². The first kappa shape index (κ1) is 14.0. The number of rotatable bonds is 0. The lowest BCUT2D eigenvalue weighted by atomic mass is 10.3. The lowest BCUT2D eigenvalue weighted by molar-refractivity contribution is 0.475. The van der Waals surface area contributed by atoms with Gasteiger partial charge in [-0.05, 0) is 42.5 Å². The van der Waals surface area contributed by atoms with Crippen molar-refractivity contribution >= 4 is 34.8 Å². The average Bonchev–Trinajstić information content (AvgIpc) is 2.29. The molecule has 0 atom stereocenters. The summed E-state index contributed by atoms with van der Waals surface area (Å²) < 4.78 is 0. The van der Waals surface area contributed by atoms with Crippen molar-refractivity contribution in [3.63, 3.8) is 0 Å². The van der Waals surface area contributed by atoms with Gasteiger partial charge in [-0.25, -0.2) is 0 Å². The van der Waals surface area contributed by atoms with Crippen LogP contribution in [0.5, 0.6) is 11.5 Å². The smallest absolute Gasteiger partial charge is 0.134 e. The summed E-state index contributed by atoms with van der Waals surface area (Å²) in [6.07, 6.45) is 0. The van der Waals surface area contributed by atoms with E-state index in [0.29, 0.717) is 10.0 Å². The van der Waals surface area contributed by atoms with Crippen LogP contribution < -0.4 is 0 Å². The Labute approximate surface area is 114 Å². The van der Waals surface area contributed by atoms with Crippen LogP contribution in [0, 0.1) is 0 Å². The van der Waals surface area contributed by atoms with E-state index in [9.17, 15) is 0 Å². The Bertz CT molecular complexity index is 463. The third kappa shape index (κ3) is 5.18. The van der Waals surface area contributed by atoms with Crippen LogP contribution in [0.2, 0.25) is 15.1 Å². The summed E-state index contributed by atoms with van der Waals surface area (Å²) in [5, 5.41) is 19.0. The fraction of sp³-hybridized carbons (Fsp3) is 0. The third-order valence-electron chi connectivity index (χ3n) is 1.74. The van der Waals surface area contributed by atoms with Crippen LogP contribution in [0.15, 0.2) is 42.5 Å². The molecule has 0 bridgehead atoms. The fourth-order valence-electron chi connectivity index (χ4n) is 0.922. The van der Waals surface area contributed by atoms with Gasteiger partial charge in [0.25, 0.3) is 0 Å². The normalized spacial score (nSPS) is 9.35. The van der Waals surface area contributed by atoms with Crippen LogP contribution in [0.4, 0.5) is 0 Å². The molecule has 2 N–H and O–H groups in total. The van der Waals surface area contributed by atoms with Crippen LogP contribution in [-0.4, -0.2) is 10.2 Å². The molecule has 17 heavy (non-hydrogen) atoms. The molecule has 0 aromatic heterocycles. The molecule has 0 amide bonds. The maximum absolute atomic E-state index is 8.85. The van der Waals surface area contributed by atoms with Crippen LogP contribution in [0.3, 0.4) is 0 Å². The highest BCUT2D eigenvalue weighted by atomic mass is 35.5. The number of phenolic OH excluding ortho intramolecular Hbond substituents is 2. The van der Waals surface area contributed by atoms with Crippen molar-refractivity contribution in [3.05, 3.63) is 57.5 Å². The van der Waals surface area contributed by atoms with Crippen molar-refractivity contribution in [1.29, 1.82) is 0 Å². The van der Waals surface area contributed by atoms with Crippen LogP contribution in [0.1, 0.15) is 0 Å². The molecule has 0 spiro atoms. The summed E-state index contributed by atoms with van der Waals surface area (Å²) in [5.74, 6) is 0.301. The van der Waals surface area contributed by atoms with Crippen molar-refractivity contribution in [1.82, 2.24) is 0 Å². The molecule has 2 aromatic rings. The summed E-state index contributed by atoms with van der Waals surface area (Å²) in [5.41, 5.74) is 0. The molecule has 0 saturated carbocycles. The van der Waals surface area contributed by atoms with Gasteiger partial charge < -0.3 is 10.2 Å². The Morgan fingerprint density at radius 1 is 0.706 bits per heavy atom. The number of benzene rings is 2. The zero-order valence-electron chi connectivity index (χ0n) is 8.57. The molecule has 2 nitrogen and oxygen atoms in total. The van der Waals surface area contributed by atoms with Crippen LogP contribution in [-0.2, 0) is 0 Å². The molecule has 0 saturated heterocycles. The molecular formula is C12H9Cl3O2. The van der Waals surface area contributed by atoms with Gasteiger partial charge in [-0.3, -0.25) is 0 Å². The highest BCUT2D eigenvalue weighted by Crippen LogP contribution is 2.25. The Hall–Kier alpha value is -1.09. The molecule has 0 heterocycles. The first-order valence-electron chi connectivity index (χ1n) is 4.57. The van der Waals surface area contributed by atoms with Crippen molar-refractivity contribution in [2.45, 2.75) is 0 Å². The maximum Gasteiger partial charge on any atom is 0.134 e. The van der Waals surface area contributed by atoms with Gasteiger partial charge in [0.05, 0.1) is 5.02 Å². The molecule has 90 valence electrons. The highest BCUT2D eigenvalue weighted by molar-refractivity contribution is 6.35. The number of halogens is 3. The van der Waals surface area contributed by atoms with Gasteiger partial charge in [-0.15, -0.1) is 0 Å². The molecule has 0 aliphatic rings. The maximum atomic E-state index is 8.85. The lowest BCUT2D eigenvalue weighted by Gasteiger charge is -1.93. The SMILES string of the molecule is Oc1ccc(Cl)cc1.Oc1ccc(Cl)cc1Cl. The Balaban J connectivity index is 0.000000171. The summed E-state index contributed by atoms with van der Waals surface area (Å²) in [6, 6.07) is 10.9. The summed E-state index contributed by atoms with van der Waals surface area (Å²) >= 11 is 16.5. The van der Waals surface area contributed by atoms with Gasteiger partial charge in [0.15, 0.2) is 0 Å². The fourth-order valence-corrected chi connectivity index (χ4v) is 1.46. The Morgan fingerprint density at radius 2 is 1.24 bits per heavy atom. The van der Waals surface area contributed by atoms with E-state index >= 15 is 0 Å². The highest BCUT2D eigenvalue weighted by Gasteiger charge is 1.95. The van der Waals surface area contributed by atoms with Gasteiger partial charge in [0.1, 0.15) is 11.5 Å². The van der Waals surface area contributed by atoms with E-state index in [4.69, 9.17) is 45.0 Å². The number of phenols is 2. The van der Waals surface area contributed by atoms with Gasteiger partial charge in [-0.1, -0.05) is 34.8 Å². The lowest BCUT2D eigenvalue weighted by Crippen LogP contribution is -1.66. The van der Waals surface area contributed by atoms with Gasteiger partial charge >= 0.3 is 0 Å². The number of hydrogen-bond donors (Lipinski definition) is 2. The summed E-state index contributed by atoms with van der Waals surface area (Å²) in [6.45, 7) is 0. The van der Waals surface area contributed by atoms with E-state index in [1.165, 1.54) is 12.1 Å². The predicted octanol–water partition coefficient (Wildman–Crippen LogP) is 4.74. The molecule has 5 heteroatoms. The first-order chi connectivity index (χ1) is 7.99. The second-order valence-corrected chi connectivity index (χ2v) is 4.35. The van der Waals surface area contributed by atoms with E-state index in [2.05, 4.69) is 0 Å². The minimum atomic E-state index is 0.0565. The van der Waals surface area contributed by atoms with Gasteiger partial charge in [0, 0.05) is 10.0 Å². The number of aromatic hydroxyl groups is 2. The van der Waals surface area contributed by atoms with E-state index in [0.717, 1.165) is 0 Å². The second-order valence-electron chi connectivity index (χ2n) is 3.07. The molecule has 0 aliphatic heterocycles. The zero-order valence-corrected chi connectivity index (χ0v) is 10.8. The molecule has 2 aromatic carbocycles. The molecule has 0 unspecified atom stereocenters. The van der Waals surface area contributed by atoms with Crippen LogP contribution in [0.25, 0.3) is 0 Å². The van der Waals surface area contributed by atoms with E-state index in [1.807, 2.05) is 0 Å². The van der Waals surface area contributed by atoms with E-state index in [1.54, 1.807) is 30.3 Å². The van der Waals surface area contributed by atoms with Crippen molar-refractivity contribution in [2.75, 3.05) is 0 Å².